The van der Waals surface area contributed by atoms with Crippen molar-refractivity contribution in [2.24, 2.45) is 5.92 Å². The Kier molecular flexibility index (Phi) is 5.47. The fourth-order valence-corrected chi connectivity index (χ4v) is 2.11. The number of carbonyl (C=O) groups excluding carboxylic acids is 1. The summed E-state index contributed by atoms with van der Waals surface area (Å²) in [5, 5.41) is 2.85. The van der Waals surface area contributed by atoms with E-state index in [0.29, 0.717) is 18.0 Å². The number of benzene rings is 1. The number of amides is 1. The van der Waals surface area contributed by atoms with Gasteiger partial charge in [-0.2, -0.15) is 0 Å². The minimum Gasteiger partial charge on any atom is -0.352 e. The zero-order chi connectivity index (χ0) is 15.9. The largest absolute Gasteiger partial charge is 0.352 e. The number of aryl methyl sites for hydroxylation is 1. The molecule has 0 radical (unpaired) electrons. The van der Waals surface area contributed by atoms with Gasteiger partial charge in [-0.05, 0) is 36.6 Å². The molecule has 1 aromatic carbocycles. The number of carbonyl (C=O) groups is 1. The van der Waals surface area contributed by atoms with Crippen LogP contribution in [0.2, 0.25) is 0 Å². The van der Waals surface area contributed by atoms with E-state index in [-0.39, 0.29) is 11.7 Å². The number of nitrogens with zero attached hydrogens (tertiary/aromatic N) is 2. The van der Waals surface area contributed by atoms with Gasteiger partial charge < -0.3 is 9.88 Å². The van der Waals surface area contributed by atoms with Gasteiger partial charge in [-0.25, -0.2) is 9.37 Å². The van der Waals surface area contributed by atoms with E-state index >= 15 is 0 Å². The molecule has 1 unspecified atom stereocenters. The van der Waals surface area contributed by atoms with Crippen molar-refractivity contribution in [2.45, 2.75) is 20.4 Å². The van der Waals surface area contributed by atoms with Crippen LogP contribution < -0.4 is 5.32 Å². The molecular formula is C17H20FN3O. The Morgan fingerprint density at radius 2 is 2.32 bits per heavy atom. The van der Waals surface area contributed by atoms with E-state index in [1.807, 2.05) is 13.1 Å². The predicted octanol–water partition coefficient (Wildman–Crippen LogP) is 2.80. The normalized spacial score (nSPS) is 12.5. The van der Waals surface area contributed by atoms with Crippen molar-refractivity contribution < 1.29 is 9.18 Å². The van der Waals surface area contributed by atoms with E-state index in [0.717, 1.165) is 12.4 Å². The van der Waals surface area contributed by atoms with Crippen LogP contribution in [0.5, 0.6) is 0 Å². The maximum Gasteiger partial charge on any atom is 0.244 e. The summed E-state index contributed by atoms with van der Waals surface area (Å²) >= 11 is 0. The van der Waals surface area contributed by atoms with Crippen LogP contribution in [0, 0.1) is 18.7 Å². The summed E-state index contributed by atoms with van der Waals surface area (Å²) in [4.78, 5) is 15.9. The van der Waals surface area contributed by atoms with Crippen molar-refractivity contribution >= 4 is 12.0 Å². The van der Waals surface area contributed by atoms with Gasteiger partial charge in [0.2, 0.25) is 5.91 Å². The minimum absolute atomic E-state index is 0.182. The molecule has 5 heteroatoms. The van der Waals surface area contributed by atoms with E-state index in [4.69, 9.17) is 0 Å². The topological polar surface area (TPSA) is 46.9 Å². The lowest BCUT2D eigenvalue weighted by molar-refractivity contribution is -0.116. The van der Waals surface area contributed by atoms with Gasteiger partial charge >= 0.3 is 0 Å². The number of halogens is 1. The summed E-state index contributed by atoms with van der Waals surface area (Å²) < 4.78 is 15.1. The molecule has 116 valence electrons. The third-order valence-electron chi connectivity index (χ3n) is 3.33. The fraction of sp³-hybridized carbons (Fsp3) is 0.294. The Labute approximate surface area is 129 Å². The van der Waals surface area contributed by atoms with Crippen LogP contribution in [0.25, 0.3) is 6.08 Å². The monoisotopic (exact) mass is 301 g/mol. The highest BCUT2D eigenvalue weighted by Crippen LogP contribution is 2.05. The maximum absolute atomic E-state index is 13.0. The molecule has 22 heavy (non-hydrogen) atoms. The lowest BCUT2D eigenvalue weighted by atomic mass is 10.1. The molecule has 0 fully saturated rings. The van der Waals surface area contributed by atoms with E-state index in [1.165, 1.54) is 18.2 Å². The predicted molar refractivity (Wildman–Crippen MR) is 84.6 cm³/mol. The smallest absolute Gasteiger partial charge is 0.244 e. The van der Waals surface area contributed by atoms with Gasteiger partial charge in [-0.15, -0.1) is 0 Å². The van der Waals surface area contributed by atoms with Crippen LogP contribution in [0.3, 0.4) is 0 Å². The molecule has 0 aliphatic heterocycles. The first-order valence-electron chi connectivity index (χ1n) is 7.24. The standard InChI is InChI=1S/C17H20FN3O/c1-13(12-21-9-8-19-14(21)2)11-20-17(22)7-6-15-4-3-5-16(18)10-15/h3-10,13H,11-12H2,1-2H3,(H,20,22)/b7-6+. The summed E-state index contributed by atoms with van der Waals surface area (Å²) in [5.41, 5.74) is 0.664. The summed E-state index contributed by atoms with van der Waals surface area (Å²) in [6.45, 7) is 5.40. The zero-order valence-electron chi connectivity index (χ0n) is 12.8. The van der Waals surface area contributed by atoms with Crippen molar-refractivity contribution in [3.63, 3.8) is 0 Å². The van der Waals surface area contributed by atoms with Crippen LogP contribution >= 0.6 is 0 Å². The van der Waals surface area contributed by atoms with Crippen LogP contribution in [0.1, 0.15) is 18.3 Å². The van der Waals surface area contributed by atoms with Crippen molar-refractivity contribution in [2.75, 3.05) is 6.54 Å². The van der Waals surface area contributed by atoms with Crippen molar-refractivity contribution in [3.8, 4) is 0 Å². The number of nitrogens with one attached hydrogen (secondary N) is 1. The molecular weight excluding hydrogens is 281 g/mol. The molecule has 4 nitrogen and oxygen atoms in total. The van der Waals surface area contributed by atoms with E-state index in [1.54, 1.807) is 24.4 Å². The molecule has 0 saturated heterocycles. The van der Waals surface area contributed by atoms with Gasteiger partial charge in [0.1, 0.15) is 11.6 Å². The molecule has 1 amide bonds. The highest BCUT2D eigenvalue weighted by Gasteiger charge is 2.06. The first-order valence-corrected chi connectivity index (χ1v) is 7.24. The van der Waals surface area contributed by atoms with Gasteiger partial charge in [-0.3, -0.25) is 4.79 Å². The molecule has 2 rings (SSSR count). The molecule has 1 atom stereocenters. The molecule has 0 spiro atoms. The van der Waals surface area contributed by atoms with Gasteiger partial charge in [0.05, 0.1) is 0 Å². The Morgan fingerprint density at radius 3 is 3.00 bits per heavy atom. The van der Waals surface area contributed by atoms with Crippen molar-refractivity contribution in [1.29, 1.82) is 0 Å². The Hall–Kier alpha value is -2.43. The molecule has 0 aliphatic carbocycles. The second kappa shape index (κ2) is 7.54. The quantitative estimate of drug-likeness (QED) is 0.834. The summed E-state index contributed by atoms with van der Waals surface area (Å²) in [7, 11) is 0. The summed E-state index contributed by atoms with van der Waals surface area (Å²) in [5.74, 6) is 0.758. The fourth-order valence-electron chi connectivity index (χ4n) is 2.11. The molecule has 0 bridgehead atoms. The minimum atomic E-state index is -0.313. The van der Waals surface area contributed by atoms with Crippen LogP contribution in [0.4, 0.5) is 4.39 Å². The lowest BCUT2D eigenvalue weighted by Crippen LogP contribution is -2.28. The lowest BCUT2D eigenvalue weighted by Gasteiger charge is -2.13. The Morgan fingerprint density at radius 1 is 1.50 bits per heavy atom. The molecule has 1 heterocycles. The second-order valence-electron chi connectivity index (χ2n) is 5.37. The molecule has 1 aromatic heterocycles. The molecule has 0 saturated carbocycles. The second-order valence-corrected chi connectivity index (χ2v) is 5.37. The van der Waals surface area contributed by atoms with Gasteiger partial charge in [0, 0.05) is 31.6 Å². The number of hydrogen-bond donors (Lipinski definition) is 1. The van der Waals surface area contributed by atoms with Crippen molar-refractivity contribution in [1.82, 2.24) is 14.9 Å². The number of imidazole rings is 1. The van der Waals surface area contributed by atoms with E-state index in [9.17, 15) is 9.18 Å². The van der Waals surface area contributed by atoms with E-state index < -0.39 is 0 Å². The number of aromatic nitrogens is 2. The van der Waals surface area contributed by atoms with Crippen LogP contribution in [-0.4, -0.2) is 22.0 Å². The number of hydrogen-bond acceptors (Lipinski definition) is 2. The third kappa shape index (κ3) is 4.84. The highest BCUT2D eigenvalue weighted by atomic mass is 19.1. The van der Waals surface area contributed by atoms with Crippen LogP contribution in [0.15, 0.2) is 42.7 Å². The van der Waals surface area contributed by atoms with Crippen LogP contribution in [-0.2, 0) is 11.3 Å². The first-order chi connectivity index (χ1) is 10.5. The summed E-state index contributed by atoms with van der Waals surface area (Å²) in [6.07, 6.45) is 6.72. The Balaban J connectivity index is 1.79. The van der Waals surface area contributed by atoms with Gasteiger partial charge in [0.15, 0.2) is 0 Å². The molecule has 0 aliphatic rings. The average molecular weight is 301 g/mol. The Bertz CT molecular complexity index is 663. The number of rotatable bonds is 6. The maximum atomic E-state index is 13.0. The molecule has 1 N–H and O–H groups in total. The average Bonchev–Trinajstić information content (AvgIpc) is 2.88. The summed E-state index contributed by atoms with van der Waals surface area (Å²) in [6, 6.07) is 6.12. The van der Waals surface area contributed by atoms with E-state index in [2.05, 4.69) is 21.8 Å². The van der Waals surface area contributed by atoms with Crippen molar-refractivity contribution in [3.05, 3.63) is 59.9 Å². The molecule has 2 aromatic rings. The zero-order valence-corrected chi connectivity index (χ0v) is 12.8. The first kappa shape index (κ1) is 15.9. The van der Waals surface area contributed by atoms with Gasteiger partial charge in [-0.1, -0.05) is 19.1 Å². The third-order valence-corrected chi connectivity index (χ3v) is 3.33. The van der Waals surface area contributed by atoms with Gasteiger partial charge in [0.25, 0.3) is 0 Å². The highest BCUT2D eigenvalue weighted by molar-refractivity contribution is 5.91. The SMILES string of the molecule is Cc1nccn1CC(C)CNC(=O)/C=C/c1cccc(F)c1.